The van der Waals surface area contributed by atoms with E-state index in [0.717, 1.165) is 33.3 Å². The van der Waals surface area contributed by atoms with Gasteiger partial charge in [0.25, 0.3) is 0 Å². The molecule has 3 aromatic heterocycles. The molecule has 0 radical (unpaired) electrons. The van der Waals surface area contributed by atoms with E-state index in [1.165, 1.54) is 115 Å². The highest BCUT2D eigenvalue weighted by molar-refractivity contribution is 6.69. The molecule has 0 N–H and O–H groups in total. The van der Waals surface area contributed by atoms with Crippen molar-refractivity contribution >= 4 is 159 Å². The number of hydrogen-bond acceptors (Lipinski definition) is 1. The quantitative estimate of drug-likeness (QED) is 0.246. The largest absolute Gasteiger partial charge is 0.454 e. The monoisotopic (exact) mass is 810 g/mol. The van der Waals surface area contributed by atoms with Gasteiger partial charge in [-0.3, -0.25) is 0 Å². The number of benzene rings is 9. The Hall–Kier alpha value is -7.17. The van der Waals surface area contributed by atoms with Crippen molar-refractivity contribution in [3.8, 4) is 44.8 Å². The lowest BCUT2D eigenvalue weighted by molar-refractivity contribution is 0.666. The van der Waals surface area contributed by atoms with Crippen LogP contribution in [-0.2, 0) is 0 Å². The van der Waals surface area contributed by atoms with Gasteiger partial charge in [0.05, 0.1) is 16.7 Å². The molecule has 64 heavy (non-hydrogen) atoms. The number of aromatic nitrogens is 2. The van der Waals surface area contributed by atoms with Gasteiger partial charge in [0.2, 0.25) is 0 Å². The first kappa shape index (κ1) is 38.5. The van der Waals surface area contributed by atoms with E-state index in [-0.39, 0.29) is 0 Å². The molecule has 3 nitrogen and oxygen atoms in total. The van der Waals surface area contributed by atoms with Crippen molar-refractivity contribution in [3.63, 3.8) is 0 Å². The van der Waals surface area contributed by atoms with E-state index in [9.17, 15) is 0 Å². The molecule has 0 atom stereocenters. The summed E-state index contributed by atoms with van der Waals surface area (Å²) < 4.78 is 11.8. The fourth-order valence-electron chi connectivity index (χ4n) is 11.1. The van der Waals surface area contributed by atoms with Gasteiger partial charge in [-0.15, -0.1) is 5.46 Å². The lowest BCUT2D eigenvalue weighted by Crippen LogP contribution is -2.48. The van der Waals surface area contributed by atoms with Crippen LogP contribution in [0.3, 0.4) is 0 Å². The summed E-state index contributed by atoms with van der Waals surface area (Å²) in [7, 11) is 16.2. The first-order valence-corrected chi connectivity index (χ1v) is 22.4. The van der Waals surface area contributed by atoms with Crippen molar-refractivity contribution in [3.05, 3.63) is 164 Å². The van der Waals surface area contributed by atoms with Gasteiger partial charge in [-0.2, -0.15) is 0 Å². The van der Waals surface area contributed by atoms with E-state index in [1.54, 1.807) is 0 Å². The Kier molecular flexibility index (Phi) is 8.69. The smallest absolute Gasteiger partial charge is 0.159 e. The van der Waals surface area contributed by atoms with E-state index in [0.29, 0.717) is 0 Å². The van der Waals surface area contributed by atoms with Crippen LogP contribution in [0, 0.1) is 0 Å². The van der Waals surface area contributed by atoms with Gasteiger partial charge in [-0.1, -0.05) is 160 Å². The van der Waals surface area contributed by atoms with Crippen LogP contribution in [-0.4, -0.2) is 64.1 Å². The summed E-state index contributed by atoms with van der Waals surface area (Å²) in [5.41, 5.74) is 25.5. The van der Waals surface area contributed by atoms with Gasteiger partial charge in [0.15, 0.2) is 5.58 Å². The number of fused-ring (bicyclic) bond motifs is 9. The van der Waals surface area contributed by atoms with E-state index in [1.807, 2.05) is 0 Å². The number of rotatable bonds is 5. The molecule has 0 aliphatic heterocycles. The number of hydrogen-bond donors (Lipinski definition) is 0. The minimum absolute atomic E-state index is 0.911. The molecule has 9 aromatic carbocycles. The third-order valence-corrected chi connectivity index (χ3v) is 14.6. The Balaban J connectivity index is 1.16. The third kappa shape index (κ3) is 5.45. The minimum Gasteiger partial charge on any atom is -0.454 e. The molecule has 3 heterocycles. The van der Waals surface area contributed by atoms with Gasteiger partial charge < -0.3 is 13.6 Å². The Morgan fingerprint density at radius 3 is 1.75 bits per heavy atom. The van der Waals surface area contributed by atoms with Crippen LogP contribution in [0.25, 0.3) is 110 Å². The maximum atomic E-state index is 6.78. The predicted octanol–water partition coefficient (Wildman–Crippen LogP) is 2.59. The van der Waals surface area contributed by atoms with E-state index in [2.05, 4.69) is 228 Å². The summed E-state index contributed by atoms with van der Waals surface area (Å²) in [6.07, 6.45) is 0. The van der Waals surface area contributed by atoms with E-state index in [4.69, 9.17) is 4.42 Å². The number of para-hydroxylation sites is 3. The van der Waals surface area contributed by atoms with Crippen molar-refractivity contribution in [1.82, 2.24) is 9.13 Å². The second-order valence-electron chi connectivity index (χ2n) is 17.8. The van der Waals surface area contributed by atoms with Gasteiger partial charge >= 0.3 is 0 Å². The maximum Gasteiger partial charge on any atom is 0.159 e. The fourth-order valence-corrected chi connectivity index (χ4v) is 11.1. The van der Waals surface area contributed by atoms with E-state index >= 15 is 0 Å². The minimum atomic E-state index is 0.911. The van der Waals surface area contributed by atoms with Gasteiger partial charge in [-0.25, -0.2) is 0 Å². The zero-order valence-electron chi connectivity index (χ0n) is 37.4. The van der Waals surface area contributed by atoms with Crippen molar-refractivity contribution in [2.75, 3.05) is 0 Å². The topological polar surface area (TPSA) is 23.0 Å². The second-order valence-corrected chi connectivity index (χ2v) is 17.8. The summed E-state index contributed by atoms with van der Waals surface area (Å²) in [6, 6.07) is 59.6. The molecule has 0 fully saturated rings. The van der Waals surface area contributed by atoms with Crippen LogP contribution >= 0.6 is 0 Å². The molecule has 10 heteroatoms. The summed E-state index contributed by atoms with van der Waals surface area (Å²) in [4.78, 5) is 0. The molecule has 0 aliphatic rings. The highest BCUT2D eigenvalue weighted by atomic mass is 16.3. The van der Waals surface area contributed by atoms with Gasteiger partial charge in [-0.05, 0) is 69.6 Å². The number of furan rings is 1. The van der Waals surface area contributed by atoms with Crippen LogP contribution < -0.4 is 38.2 Å². The molecular weight excluding hydrogens is 768 g/mol. The molecule has 0 aliphatic carbocycles. The first-order valence-electron chi connectivity index (χ1n) is 22.4. The first-order chi connectivity index (χ1) is 31.2. The standard InChI is InChI=1S/C54H41B7N2O/c55-44-41(45(56)49(60)52-42(44)43-46(57)47(58)48(59)50(61)53(43)63(52)39-22-11-21-36-34-18-7-8-23-40(34)64-54(36)39)31-24-25-38-37(27-31)35-20-10-19-33(29-14-5-2-6-15-29)51(35)62(38)32-17-9-16-30(26-32)28-12-3-1-4-13-28/h1-27H,55-61H2. The van der Waals surface area contributed by atoms with Crippen LogP contribution in [0.5, 0.6) is 0 Å². The molecule has 294 valence electrons. The molecule has 0 saturated carbocycles. The molecule has 0 amide bonds. The number of nitrogens with zero attached hydrogens (tertiary/aromatic N) is 2. The average Bonchev–Trinajstić information content (AvgIpc) is 4.01. The highest BCUT2D eigenvalue weighted by Gasteiger charge is 2.27. The molecule has 0 saturated heterocycles. The zero-order valence-corrected chi connectivity index (χ0v) is 37.4. The van der Waals surface area contributed by atoms with Crippen molar-refractivity contribution in [1.29, 1.82) is 0 Å². The second kappa shape index (κ2) is 14.4. The predicted molar refractivity (Wildman–Crippen MR) is 296 cm³/mol. The molecule has 0 unspecified atom stereocenters. The lowest BCUT2D eigenvalue weighted by Gasteiger charge is -2.19. The summed E-state index contributed by atoms with van der Waals surface area (Å²) in [5, 5.41) is 7.40. The van der Waals surface area contributed by atoms with Crippen molar-refractivity contribution in [2.45, 2.75) is 0 Å². The Bertz CT molecular complexity index is 3930. The van der Waals surface area contributed by atoms with Crippen LogP contribution in [0.1, 0.15) is 0 Å². The Labute approximate surface area is 379 Å². The van der Waals surface area contributed by atoms with Crippen molar-refractivity contribution < 1.29 is 4.42 Å². The summed E-state index contributed by atoms with van der Waals surface area (Å²) >= 11 is 0. The molecule has 12 rings (SSSR count). The van der Waals surface area contributed by atoms with Gasteiger partial charge in [0, 0.05) is 49.2 Å². The van der Waals surface area contributed by atoms with Crippen molar-refractivity contribution in [2.24, 2.45) is 0 Å². The third-order valence-electron chi connectivity index (χ3n) is 14.6. The zero-order chi connectivity index (χ0) is 43.5. The van der Waals surface area contributed by atoms with Crippen LogP contribution in [0.15, 0.2) is 168 Å². The fraction of sp³-hybridized carbons (Fsp3) is 0. The Morgan fingerprint density at radius 2 is 0.969 bits per heavy atom. The summed E-state index contributed by atoms with van der Waals surface area (Å²) in [5.74, 6) is 0. The van der Waals surface area contributed by atoms with Crippen LogP contribution in [0.4, 0.5) is 0 Å². The van der Waals surface area contributed by atoms with E-state index < -0.39 is 0 Å². The molecule has 0 bridgehead atoms. The maximum absolute atomic E-state index is 6.78. The molecular formula is C54H41B7N2O. The molecule has 12 aromatic rings. The SMILES string of the molecule is Bc1c(B)c(B)c2c(c1B)c1c(B)c(-c3ccc4c(c3)c3cccc(-c5ccccc5)c3n4-c3cccc(-c4ccccc4)c3)c(B)c(B)c1n2-c1cccc2c1oc1ccccc12. The normalized spacial score (nSPS) is 11.9. The average molecular weight is 810 g/mol. The highest BCUT2D eigenvalue weighted by Crippen LogP contribution is 2.41. The van der Waals surface area contributed by atoms with Crippen LogP contribution in [0.2, 0.25) is 0 Å². The Morgan fingerprint density at radius 1 is 0.359 bits per heavy atom. The lowest BCUT2D eigenvalue weighted by atomic mass is 9.64. The molecule has 0 spiro atoms. The van der Waals surface area contributed by atoms with Gasteiger partial charge in [0.1, 0.15) is 60.5 Å². The summed E-state index contributed by atoms with van der Waals surface area (Å²) in [6.45, 7) is 0.